The predicted octanol–water partition coefficient (Wildman–Crippen LogP) is 2.61. The van der Waals surface area contributed by atoms with Gasteiger partial charge in [-0.05, 0) is 38.0 Å². The van der Waals surface area contributed by atoms with Crippen molar-refractivity contribution in [3.8, 4) is 0 Å². The zero-order valence-electron chi connectivity index (χ0n) is 18.0. The fraction of sp³-hybridized carbons (Fsp3) is 0.571. The summed E-state index contributed by atoms with van der Waals surface area (Å²) >= 11 is 7.84. The number of amidine groups is 2. The summed E-state index contributed by atoms with van der Waals surface area (Å²) in [5.74, 6) is 0.435. The van der Waals surface area contributed by atoms with Crippen molar-refractivity contribution in [3.05, 3.63) is 28.8 Å². The third-order valence-corrected chi connectivity index (χ3v) is 7.76. The summed E-state index contributed by atoms with van der Waals surface area (Å²) in [6, 6.07) is 5.75. The summed E-state index contributed by atoms with van der Waals surface area (Å²) in [4.78, 5) is 21.9. The number of hydrogen-bond donors (Lipinski definition) is 3. The van der Waals surface area contributed by atoms with Gasteiger partial charge in [0.05, 0.1) is 30.1 Å². The molecule has 0 aliphatic carbocycles. The Kier molecular flexibility index (Phi) is 6.88. The average molecular weight is 465 g/mol. The van der Waals surface area contributed by atoms with Gasteiger partial charge in [0.25, 0.3) is 0 Å². The SMILES string of the molecule is CCC(SC1=NC2NNC(C)C2C(=N)N1c1cccc(Cl)c1C)C(=O)N1CCOCC1. The second-order valence-electron chi connectivity index (χ2n) is 8.02. The topological polar surface area (TPSA) is 93.1 Å². The van der Waals surface area contributed by atoms with Gasteiger partial charge in [0, 0.05) is 24.2 Å². The highest BCUT2D eigenvalue weighted by Crippen LogP contribution is 2.36. The van der Waals surface area contributed by atoms with Crippen LogP contribution in [-0.4, -0.2) is 65.6 Å². The number of nitrogens with one attached hydrogen (secondary N) is 3. The first-order valence-corrected chi connectivity index (χ1v) is 11.9. The van der Waals surface area contributed by atoms with Crippen LogP contribution < -0.4 is 15.8 Å². The van der Waals surface area contributed by atoms with E-state index >= 15 is 0 Å². The number of ether oxygens (including phenoxy) is 1. The average Bonchev–Trinajstić information content (AvgIpc) is 3.15. The quantitative estimate of drug-likeness (QED) is 0.634. The van der Waals surface area contributed by atoms with Crippen molar-refractivity contribution in [1.29, 1.82) is 5.41 Å². The minimum Gasteiger partial charge on any atom is -0.378 e. The maximum absolute atomic E-state index is 13.2. The fourth-order valence-electron chi connectivity index (χ4n) is 4.17. The van der Waals surface area contributed by atoms with E-state index in [4.69, 9.17) is 26.7 Å². The highest BCUT2D eigenvalue weighted by Gasteiger charge is 2.45. The summed E-state index contributed by atoms with van der Waals surface area (Å²) < 4.78 is 5.40. The molecule has 10 heteroatoms. The molecule has 2 fully saturated rings. The van der Waals surface area contributed by atoms with Crippen molar-refractivity contribution in [2.24, 2.45) is 10.9 Å². The van der Waals surface area contributed by atoms with E-state index in [2.05, 4.69) is 10.9 Å². The van der Waals surface area contributed by atoms with Crippen LogP contribution in [0.15, 0.2) is 23.2 Å². The van der Waals surface area contributed by atoms with Crippen LogP contribution >= 0.6 is 23.4 Å². The van der Waals surface area contributed by atoms with E-state index in [1.165, 1.54) is 11.8 Å². The Hall–Kier alpha value is -1.65. The summed E-state index contributed by atoms with van der Waals surface area (Å²) in [7, 11) is 0. The van der Waals surface area contributed by atoms with E-state index in [1.807, 2.05) is 48.8 Å². The summed E-state index contributed by atoms with van der Waals surface area (Å²) in [5.41, 5.74) is 8.11. The van der Waals surface area contributed by atoms with E-state index < -0.39 is 0 Å². The van der Waals surface area contributed by atoms with Crippen molar-refractivity contribution < 1.29 is 9.53 Å². The van der Waals surface area contributed by atoms with Gasteiger partial charge in [0.15, 0.2) is 5.17 Å². The molecule has 1 aromatic rings. The van der Waals surface area contributed by atoms with Gasteiger partial charge in [-0.2, -0.15) is 0 Å². The zero-order valence-corrected chi connectivity index (χ0v) is 19.6. The molecule has 3 aliphatic heterocycles. The molecule has 1 aromatic carbocycles. The Morgan fingerprint density at radius 1 is 1.39 bits per heavy atom. The minimum atomic E-state index is -0.282. The number of fused-ring (bicyclic) bond motifs is 1. The molecule has 0 aromatic heterocycles. The maximum Gasteiger partial charge on any atom is 0.236 e. The van der Waals surface area contributed by atoms with Crippen LogP contribution in [0.4, 0.5) is 5.69 Å². The van der Waals surface area contributed by atoms with Gasteiger partial charge < -0.3 is 9.64 Å². The van der Waals surface area contributed by atoms with Crippen molar-refractivity contribution in [2.45, 2.75) is 44.6 Å². The molecular weight excluding hydrogens is 436 g/mol. The van der Waals surface area contributed by atoms with Crippen LogP contribution in [0.1, 0.15) is 25.8 Å². The van der Waals surface area contributed by atoms with Gasteiger partial charge in [0.1, 0.15) is 12.0 Å². The van der Waals surface area contributed by atoms with Crippen LogP contribution in [0.25, 0.3) is 0 Å². The van der Waals surface area contributed by atoms with Crippen LogP contribution in [0.3, 0.4) is 0 Å². The number of hydrazine groups is 1. The molecule has 0 radical (unpaired) electrons. The lowest BCUT2D eigenvalue weighted by Gasteiger charge is -2.38. The van der Waals surface area contributed by atoms with Gasteiger partial charge in [-0.1, -0.05) is 36.4 Å². The Morgan fingerprint density at radius 3 is 2.84 bits per heavy atom. The third kappa shape index (κ3) is 4.34. The lowest BCUT2D eigenvalue weighted by molar-refractivity contribution is -0.134. The molecule has 0 bridgehead atoms. The lowest BCUT2D eigenvalue weighted by Crippen LogP contribution is -2.51. The summed E-state index contributed by atoms with van der Waals surface area (Å²) in [5, 5.41) is 10.0. The molecular formula is C21H29ClN6O2S. The van der Waals surface area contributed by atoms with E-state index in [0.29, 0.717) is 48.8 Å². The van der Waals surface area contributed by atoms with Gasteiger partial charge in [-0.3, -0.25) is 20.5 Å². The molecule has 0 saturated carbocycles. The molecule has 4 rings (SSSR count). The van der Waals surface area contributed by atoms with Gasteiger partial charge in [-0.15, -0.1) is 0 Å². The molecule has 0 spiro atoms. The standard InChI is InChI=1S/C21H29ClN6O2S/c1-4-16(20(29)27-8-10-30-11-9-27)31-21-24-19-17(13(3)25-26-19)18(23)28(21)15-7-5-6-14(22)12(15)2/h5-7,13,16-17,19,23,25-26H,4,8-11H2,1-3H3. The van der Waals surface area contributed by atoms with Gasteiger partial charge >= 0.3 is 0 Å². The Labute approximate surface area is 192 Å². The summed E-state index contributed by atoms with van der Waals surface area (Å²) in [6.07, 6.45) is 0.433. The molecule has 168 valence electrons. The van der Waals surface area contributed by atoms with E-state index in [0.717, 1.165) is 11.3 Å². The highest BCUT2D eigenvalue weighted by molar-refractivity contribution is 8.15. The smallest absolute Gasteiger partial charge is 0.236 e. The molecule has 3 heterocycles. The van der Waals surface area contributed by atoms with Crippen LogP contribution in [0.2, 0.25) is 5.02 Å². The van der Waals surface area contributed by atoms with Crippen LogP contribution in [0.5, 0.6) is 0 Å². The highest BCUT2D eigenvalue weighted by atomic mass is 35.5. The second kappa shape index (κ2) is 9.46. The molecule has 3 aliphatic rings. The number of nitrogens with zero attached hydrogens (tertiary/aromatic N) is 3. The lowest BCUT2D eigenvalue weighted by atomic mass is 9.96. The number of hydrogen-bond acceptors (Lipinski definition) is 7. The fourth-order valence-corrected chi connectivity index (χ4v) is 5.49. The molecule has 2 saturated heterocycles. The van der Waals surface area contributed by atoms with Crippen molar-refractivity contribution in [1.82, 2.24) is 15.8 Å². The third-order valence-electron chi connectivity index (χ3n) is 6.03. The zero-order chi connectivity index (χ0) is 22.1. The molecule has 4 unspecified atom stereocenters. The number of rotatable bonds is 4. The largest absolute Gasteiger partial charge is 0.378 e. The van der Waals surface area contributed by atoms with E-state index in [1.54, 1.807) is 0 Å². The molecule has 3 N–H and O–H groups in total. The van der Waals surface area contributed by atoms with Gasteiger partial charge in [0.2, 0.25) is 5.91 Å². The number of halogens is 1. The first-order chi connectivity index (χ1) is 14.9. The monoisotopic (exact) mass is 464 g/mol. The first kappa shape index (κ1) is 22.5. The second-order valence-corrected chi connectivity index (χ2v) is 9.59. The first-order valence-electron chi connectivity index (χ1n) is 10.7. The number of morpholine rings is 1. The van der Waals surface area contributed by atoms with Crippen molar-refractivity contribution in [2.75, 3.05) is 31.2 Å². The molecule has 8 nitrogen and oxygen atoms in total. The van der Waals surface area contributed by atoms with Crippen molar-refractivity contribution >= 4 is 46.0 Å². The Balaban J connectivity index is 1.68. The van der Waals surface area contributed by atoms with Crippen molar-refractivity contribution in [3.63, 3.8) is 0 Å². The molecule has 1 amide bonds. The number of amides is 1. The van der Waals surface area contributed by atoms with E-state index in [9.17, 15) is 4.79 Å². The van der Waals surface area contributed by atoms with Crippen LogP contribution in [0, 0.1) is 18.3 Å². The molecule has 4 atom stereocenters. The predicted molar refractivity (Wildman–Crippen MR) is 126 cm³/mol. The Bertz CT molecular complexity index is 891. The normalized spacial score (nSPS) is 27.2. The minimum absolute atomic E-state index is 0.0618. The van der Waals surface area contributed by atoms with Gasteiger partial charge in [-0.25, -0.2) is 10.4 Å². The number of benzene rings is 1. The summed E-state index contributed by atoms with van der Waals surface area (Å²) in [6.45, 7) is 8.38. The molecule has 31 heavy (non-hydrogen) atoms. The number of anilines is 1. The maximum atomic E-state index is 13.2. The number of thioether (sulfide) groups is 1. The Morgan fingerprint density at radius 2 is 2.13 bits per heavy atom. The number of aliphatic imine (C=N–C) groups is 1. The number of carbonyl (C=O) groups is 1. The van der Waals surface area contributed by atoms with E-state index in [-0.39, 0.29) is 29.3 Å². The van der Waals surface area contributed by atoms with Crippen LogP contribution in [-0.2, 0) is 9.53 Å². The number of carbonyl (C=O) groups excluding carboxylic acids is 1.